The van der Waals surface area contributed by atoms with Crippen molar-refractivity contribution in [3.63, 3.8) is 0 Å². The van der Waals surface area contributed by atoms with Crippen molar-refractivity contribution in [2.24, 2.45) is 0 Å². The summed E-state index contributed by atoms with van der Waals surface area (Å²) in [6, 6.07) is 8.39. The number of methoxy groups -OCH3 is 1. The predicted molar refractivity (Wildman–Crippen MR) is 125 cm³/mol. The minimum absolute atomic E-state index is 0.129. The van der Waals surface area contributed by atoms with E-state index in [9.17, 15) is 4.79 Å². The van der Waals surface area contributed by atoms with Crippen molar-refractivity contribution < 1.29 is 9.53 Å². The van der Waals surface area contributed by atoms with Gasteiger partial charge in [0.15, 0.2) is 11.0 Å². The number of thioether (sulfide) groups is 1. The van der Waals surface area contributed by atoms with Gasteiger partial charge in [-0.25, -0.2) is 0 Å². The summed E-state index contributed by atoms with van der Waals surface area (Å²) in [5.74, 6) is 2.20. The number of carbonyl (C=O) groups excluding carboxylic acids is 1. The molecule has 1 aliphatic rings. The van der Waals surface area contributed by atoms with Crippen LogP contribution in [0.15, 0.2) is 29.4 Å². The van der Waals surface area contributed by atoms with Gasteiger partial charge in [0.1, 0.15) is 5.75 Å². The van der Waals surface area contributed by atoms with Crippen LogP contribution in [-0.4, -0.2) is 70.5 Å². The number of ether oxygens (including phenoxy) is 1. The monoisotopic (exact) mass is 445 g/mol. The number of nitrogens with zero attached hydrogens (tertiary/aromatic N) is 5. The zero-order valence-corrected chi connectivity index (χ0v) is 20.2. The summed E-state index contributed by atoms with van der Waals surface area (Å²) < 4.78 is 7.39. The van der Waals surface area contributed by atoms with Gasteiger partial charge in [0.2, 0.25) is 5.91 Å². The van der Waals surface area contributed by atoms with Gasteiger partial charge < -0.3 is 9.64 Å². The van der Waals surface area contributed by atoms with E-state index in [0.717, 1.165) is 41.7 Å². The molecule has 0 saturated heterocycles. The van der Waals surface area contributed by atoms with E-state index in [1.807, 2.05) is 36.2 Å². The van der Waals surface area contributed by atoms with Crippen molar-refractivity contribution in [1.82, 2.24) is 24.6 Å². The molecule has 8 heteroatoms. The van der Waals surface area contributed by atoms with Crippen molar-refractivity contribution in [2.45, 2.75) is 62.7 Å². The lowest BCUT2D eigenvalue weighted by atomic mass is 9.94. The molecule has 7 nitrogen and oxygen atoms in total. The van der Waals surface area contributed by atoms with E-state index in [2.05, 4.69) is 40.7 Å². The minimum Gasteiger partial charge on any atom is -0.497 e. The number of aromatic nitrogens is 3. The fourth-order valence-corrected chi connectivity index (χ4v) is 5.13. The summed E-state index contributed by atoms with van der Waals surface area (Å²) in [6.45, 7) is 2.15. The molecule has 0 radical (unpaired) electrons. The molecule has 170 valence electrons. The Morgan fingerprint density at radius 3 is 2.42 bits per heavy atom. The standard InChI is InChI=1S/C23H35N5O2S/c1-6-20(26(2)3)22-24-25-23(28(22)18-12-14-19(30-5)15-13-18)31-16-21(29)27(4)17-10-8-7-9-11-17/h12-15,17,20H,6-11,16H2,1-5H3. The van der Waals surface area contributed by atoms with E-state index in [4.69, 9.17) is 4.74 Å². The molecule has 0 N–H and O–H groups in total. The number of amides is 1. The number of hydrogen-bond acceptors (Lipinski definition) is 6. The molecule has 31 heavy (non-hydrogen) atoms. The van der Waals surface area contributed by atoms with Crippen molar-refractivity contribution in [1.29, 1.82) is 0 Å². The van der Waals surface area contributed by atoms with E-state index >= 15 is 0 Å². The summed E-state index contributed by atoms with van der Waals surface area (Å²) in [5, 5.41) is 9.75. The Morgan fingerprint density at radius 1 is 1.16 bits per heavy atom. The molecule has 2 aromatic rings. The number of benzene rings is 1. The SMILES string of the molecule is CCC(c1nnc(SCC(=O)N(C)C2CCCCC2)n1-c1ccc(OC)cc1)N(C)C. The molecule has 0 spiro atoms. The highest BCUT2D eigenvalue weighted by atomic mass is 32.2. The summed E-state index contributed by atoms with van der Waals surface area (Å²) in [5.41, 5.74) is 0.969. The molecule has 1 fully saturated rings. The Bertz CT molecular complexity index is 846. The fraction of sp³-hybridized carbons (Fsp3) is 0.609. The van der Waals surface area contributed by atoms with Gasteiger partial charge in [0.25, 0.3) is 0 Å². The molecule has 3 rings (SSSR count). The van der Waals surface area contributed by atoms with Crippen molar-refractivity contribution in [3.05, 3.63) is 30.1 Å². The van der Waals surface area contributed by atoms with E-state index in [1.165, 1.54) is 31.0 Å². The molecule has 1 amide bonds. The van der Waals surface area contributed by atoms with Crippen LogP contribution in [0.25, 0.3) is 5.69 Å². The van der Waals surface area contributed by atoms with Crippen LogP contribution in [0.4, 0.5) is 0 Å². The van der Waals surface area contributed by atoms with E-state index in [1.54, 1.807) is 7.11 Å². The lowest BCUT2D eigenvalue weighted by Crippen LogP contribution is -2.39. The lowest BCUT2D eigenvalue weighted by Gasteiger charge is -2.31. The van der Waals surface area contributed by atoms with Gasteiger partial charge in [-0.05, 0) is 57.6 Å². The largest absolute Gasteiger partial charge is 0.497 e. The zero-order chi connectivity index (χ0) is 22.4. The minimum atomic E-state index is 0.129. The van der Waals surface area contributed by atoms with E-state index < -0.39 is 0 Å². The van der Waals surface area contributed by atoms with Crippen LogP contribution in [0.1, 0.15) is 57.3 Å². The number of rotatable bonds is 9. The number of hydrogen-bond donors (Lipinski definition) is 0. The third-order valence-electron chi connectivity index (χ3n) is 6.14. The van der Waals surface area contributed by atoms with Gasteiger partial charge in [0, 0.05) is 18.8 Å². The molecular weight excluding hydrogens is 410 g/mol. The molecular formula is C23H35N5O2S. The first-order valence-corrected chi connectivity index (χ1v) is 12.1. The van der Waals surface area contributed by atoms with Crippen molar-refractivity contribution in [3.8, 4) is 11.4 Å². The molecule has 1 heterocycles. The highest BCUT2D eigenvalue weighted by Crippen LogP contribution is 2.30. The summed E-state index contributed by atoms with van der Waals surface area (Å²) >= 11 is 1.46. The normalized spacial score (nSPS) is 15.8. The van der Waals surface area contributed by atoms with Crippen LogP contribution >= 0.6 is 11.8 Å². The van der Waals surface area contributed by atoms with E-state index in [-0.39, 0.29) is 11.9 Å². The first-order valence-electron chi connectivity index (χ1n) is 11.1. The Hall–Kier alpha value is -2.06. The van der Waals surface area contributed by atoms with Crippen LogP contribution in [0.2, 0.25) is 0 Å². The van der Waals surface area contributed by atoms with Gasteiger partial charge >= 0.3 is 0 Å². The average Bonchev–Trinajstić information content (AvgIpc) is 3.21. The Morgan fingerprint density at radius 2 is 1.84 bits per heavy atom. The van der Waals surface area contributed by atoms with Crippen molar-refractivity contribution >= 4 is 17.7 Å². The zero-order valence-electron chi connectivity index (χ0n) is 19.4. The third-order valence-corrected chi connectivity index (χ3v) is 7.05. The van der Waals surface area contributed by atoms with Gasteiger partial charge in [-0.3, -0.25) is 14.3 Å². The highest BCUT2D eigenvalue weighted by Gasteiger charge is 2.25. The molecule has 0 aliphatic heterocycles. The maximum Gasteiger partial charge on any atom is 0.233 e. The molecule has 1 atom stereocenters. The van der Waals surface area contributed by atoms with E-state index in [0.29, 0.717) is 11.8 Å². The van der Waals surface area contributed by atoms with Crippen LogP contribution in [0.3, 0.4) is 0 Å². The number of carbonyl (C=O) groups is 1. The lowest BCUT2D eigenvalue weighted by molar-refractivity contribution is -0.129. The maximum absolute atomic E-state index is 12.9. The molecule has 1 aliphatic carbocycles. The van der Waals surface area contributed by atoms with Crippen LogP contribution in [-0.2, 0) is 4.79 Å². The Kier molecular flexibility index (Phi) is 8.37. The fourth-order valence-electron chi connectivity index (χ4n) is 4.24. The summed E-state index contributed by atoms with van der Waals surface area (Å²) in [7, 11) is 7.71. The van der Waals surface area contributed by atoms with Gasteiger partial charge in [-0.2, -0.15) is 0 Å². The topological polar surface area (TPSA) is 63.5 Å². The van der Waals surface area contributed by atoms with Gasteiger partial charge in [0.05, 0.1) is 18.9 Å². The molecule has 1 aromatic heterocycles. The second-order valence-corrected chi connectivity index (χ2v) is 9.29. The third kappa shape index (κ3) is 5.60. The smallest absolute Gasteiger partial charge is 0.233 e. The van der Waals surface area contributed by atoms with Crippen LogP contribution in [0, 0.1) is 0 Å². The first kappa shape index (κ1) is 23.6. The molecule has 1 aromatic carbocycles. The van der Waals surface area contributed by atoms with Crippen LogP contribution in [0.5, 0.6) is 5.75 Å². The average molecular weight is 446 g/mol. The van der Waals surface area contributed by atoms with Gasteiger partial charge in [-0.15, -0.1) is 10.2 Å². The maximum atomic E-state index is 12.9. The Labute approximate surface area is 190 Å². The Balaban J connectivity index is 1.83. The van der Waals surface area contributed by atoms with Crippen LogP contribution < -0.4 is 4.74 Å². The quantitative estimate of drug-likeness (QED) is 0.540. The van der Waals surface area contributed by atoms with Crippen molar-refractivity contribution in [2.75, 3.05) is 34.0 Å². The summed E-state index contributed by atoms with van der Waals surface area (Å²) in [6.07, 6.45) is 6.85. The second-order valence-electron chi connectivity index (χ2n) is 8.35. The van der Waals surface area contributed by atoms with Gasteiger partial charge in [-0.1, -0.05) is 37.9 Å². The highest BCUT2D eigenvalue weighted by molar-refractivity contribution is 7.99. The predicted octanol–water partition coefficient (Wildman–Crippen LogP) is 4.17. The molecule has 0 bridgehead atoms. The molecule has 1 saturated carbocycles. The first-order chi connectivity index (χ1) is 15.0. The molecule has 1 unspecified atom stereocenters. The summed E-state index contributed by atoms with van der Waals surface area (Å²) in [4.78, 5) is 17.0. The second kappa shape index (κ2) is 11.0.